The summed E-state index contributed by atoms with van der Waals surface area (Å²) >= 11 is 0. The number of carbonyl (C=O) groups is 1. The second kappa shape index (κ2) is 11.2. The summed E-state index contributed by atoms with van der Waals surface area (Å²) in [6.45, 7) is 0. The molecule has 0 unspecified atom stereocenters. The molecular weight excluding hydrogens is 508 g/mol. The molecule has 42 heavy (non-hydrogen) atoms. The van der Waals surface area contributed by atoms with Crippen molar-refractivity contribution in [1.29, 1.82) is 0 Å². The van der Waals surface area contributed by atoms with Crippen LogP contribution in [0.1, 0.15) is 22.3 Å². The average Bonchev–Trinajstić information content (AvgIpc) is 3.39. The van der Waals surface area contributed by atoms with Gasteiger partial charge in [-0.15, -0.1) is 0 Å². The molecule has 0 amide bonds. The Morgan fingerprint density at radius 2 is 0.429 bits per heavy atom. The van der Waals surface area contributed by atoms with E-state index < -0.39 is 0 Å². The van der Waals surface area contributed by atoms with Gasteiger partial charge in [0.2, 0.25) is 0 Å². The number of benzene rings is 6. The van der Waals surface area contributed by atoms with Gasteiger partial charge < -0.3 is 0 Å². The minimum atomic E-state index is 0.0525. The highest BCUT2D eigenvalue weighted by Gasteiger charge is 2.35. The van der Waals surface area contributed by atoms with Crippen molar-refractivity contribution < 1.29 is 4.79 Å². The van der Waals surface area contributed by atoms with Gasteiger partial charge in [0, 0.05) is 22.3 Å². The minimum absolute atomic E-state index is 0.0525. The molecule has 1 heteroatoms. The summed E-state index contributed by atoms with van der Waals surface area (Å²) in [5.41, 5.74) is 11.9. The third-order valence-corrected chi connectivity index (χ3v) is 7.89. The molecule has 0 N–H and O–H groups in total. The molecule has 6 aromatic rings. The fourth-order valence-electron chi connectivity index (χ4n) is 5.86. The first-order chi connectivity index (χ1) is 20.8. The van der Waals surface area contributed by atoms with Crippen molar-refractivity contribution in [3.63, 3.8) is 0 Å². The van der Waals surface area contributed by atoms with Crippen molar-refractivity contribution in [2.24, 2.45) is 0 Å². The molecule has 1 aliphatic carbocycles. The first-order valence-electron chi connectivity index (χ1n) is 14.2. The van der Waals surface area contributed by atoms with E-state index in [0.717, 1.165) is 55.7 Å². The molecule has 0 aromatic heterocycles. The van der Waals surface area contributed by atoms with Gasteiger partial charge in [0.1, 0.15) is 0 Å². The Morgan fingerprint density at radius 3 is 0.738 bits per heavy atom. The van der Waals surface area contributed by atoms with Crippen LogP contribution in [-0.4, -0.2) is 5.78 Å². The molecule has 0 atom stereocenters. The third kappa shape index (κ3) is 4.72. The molecule has 0 bridgehead atoms. The molecule has 7 rings (SSSR count). The average molecular weight is 537 g/mol. The van der Waals surface area contributed by atoms with Crippen LogP contribution in [-0.2, 0) is 4.79 Å². The fourth-order valence-corrected chi connectivity index (χ4v) is 5.86. The van der Waals surface area contributed by atoms with Gasteiger partial charge >= 0.3 is 0 Å². The maximum Gasteiger partial charge on any atom is 0.195 e. The van der Waals surface area contributed by atoms with Crippen LogP contribution in [0.25, 0.3) is 44.5 Å². The van der Waals surface area contributed by atoms with Gasteiger partial charge in [-0.05, 0) is 44.5 Å². The van der Waals surface area contributed by atoms with E-state index >= 15 is 0 Å². The van der Waals surface area contributed by atoms with Crippen molar-refractivity contribution >= 4 is 28.1 Å². The molecule has 6 aromatic carbocycles. The first-order valence-corrected chi connectivity index (χ1v) is 14.2. The lowest BCUT2D eigenvalue weighted by Crippen LogP contribution is -2.01. The molecule has 0 aliphatic heterocycles. The normalized spacial score (nSPS) is 13.1. The molecule has 0 heterocycles. The van der Waals surface area contributed by atoms with Gasteiger partial charge in [-0.3, -0.25) is 4.79 Å². The Morgan fingerprint density at radius 1 is 0.214 bits per heavy atom. The molecule has 0 fully saturated rings. The van der Waals surface area contributed by atoms with E-state index in [-0.39, 0.29) is 5.78 Å². The lowest BCUT2D eigenvalue weighted by Gasteiger charge is -2.15. The highest BCUT2D eigenvalue weighted by molar-refractivity contribution is 6.59. The Kier molecular flexibility index (Phi) is 6.76. The summed E-state index contributed by atoms with van der Waals surface area (Å²) in [6, 6.07) is 58.1. The Bertz CT molecular complexity index is 1770. The summed E-state index contributed by atoms with van der Waals surface area (Å²) in [7, 11) is 0. The number of allylic oxidation sites excluding steroid dienone is 4. The van der Waals surface area contributed by atoms with Crippen LogP contribution >= 0.6 is 0 Å². The number of hydrogen-bond donors (Lipinski definition) is 0. The SMILES string of the molecule is O=C1C(c2ccccc2)=C(c2ccc(-c3ccccc3)cc2)C(c2ccc(-c3ccccc3)cc2)=C1c1ccccc1. The van der Waals surface area contributed by atoms with Gasteiger partial charge in [-0.2, -0.15) is 0 Å². The molecular formula is C41H28O. The summed E-state index contributed by atoms with van der Waals surface area (Å²) in [5.74, 6) is 0.0525. The zero-order chi connectivity index (χ0) is 28.3. The smallest absolute Gasteiger partial charge is 0.195 e. The standard InChI is InChI=1S/C41H28O/c42-41-39(33-17-9-3-10-18-33)37(35-25-21-31(22-26-35)29-13-5-1-6-14-29)38(40(41)34-19-11-4-12-20-34)36-27-23-32(24-28-36)30-15-7-2-8-16-30/h1-28H. The number of ketones is 1. The van der Waals surface area contributed by atoms with Crippen LogP contribution in [0.5, 0.6) is 0 Å². The van der Waals surface area contributed by atoms with Gasteiger partial charge in [0.15, 0.2) is 5.78 Å². The largest absolute Gasteiger partial charge is 0.289 e. The molecule has 1 aliphatic rings. The van der Waals surface area contributed by atoms with E-state index in [4.69, 9.17) is 0 Å². The maximum atomic E-state index is 14.5. The fraction of sp³-hybridized carbons (Fsp3) is 0. The molecule has 0 saturated heterocycles. The zero-order valence-electron chi connectivity index (χ0n) is 23.1. The summed E-state index contributed by atoms with van der Waals surface area (Å²) in [6.07, 6.45) is 0. The van der Waals surface area contributed by atoms with Gasteiger partial charge in [-0.1, -0.05) is 170 Å². The van der Waals surface area contributed by atoms with Gasteiger partial charge in [0.25, 0.3) is 0 Å². The number of rotatable bonds is 6. The minimum Gasteiger partial charge on any atom is -0.289 e. The summed E-state index contributed by atoms with van der Waals surface area (Å²) in [4.78, 5) is 14.5. The second-order valence-corrected chi connectivity index (χ2v) is 10.4. The molecule has 0 spiro atoms. The first kappa shape index (κ1) is 25.4. The number of Topliss-reactive ketones (excluding diaryl/α,β-unsaturated/α-hetero) is 1. The van der Waals surface area contributed by atoms with Crippen molar-refractivity contribution in [3.8, 4) is 22.3 Å². The van der Waals surface area contributed by atoms with Crippen molar-refractivity contribution in [1.82, 2.24) is 0 Å². The predicted molar refractivity (Wildman–Crippen MR) is 175 cm³/mol. The van der Waals surface area contributed by atoms with Crippen molar-refractivity contribution in [2.75, 3.05) is 0 Å². The van der Waals surface area contributed by atoms with E-state index in [0.29, 0.717) is 0 Å². The van der Waals surface area contributed by atoms with E-state index in [9.17, 15) is 4.79 Å². The molecule has 0 radical (unpaired) electrons. The van der Waals surface area contributed by atoms with Crippen LogP contribution in [0.3, 0.4) is 0 Å². The van der Waals surface area contributed by atoms with Crippen LogP contribution < -0.4 is 0 Å². The summed E-state index contributed by atoms with van der Waals surface area (Å²) < 4.78 is 0. The number of hydrogen-bond acceptors (Lipinski definition) is 1. The third-order valence-electron chi connectivity index (χ3n) is 7.89. The highest BCUT2D eigenvalue weighted by Crippen LogP contribution is 2.50. The topological polar surface area (TPSA) is 17.1 Å². The van der Waals surface area contributed by atoms with Crippen LogP contribution in [0, 0.1) is 0 Å². The van der Waals surface area contributed by atoms with E-state index in [1.165, 1.54) is 11.1 Å². The van der Waals surface area contributed by atoms with Crippen LogP contribution in [0.2, 0.25) is 0 Å². The number of carbonyl (C=O) groups excluding carboxylic acids is 1. The van der Waals surface area contributed by atoms with E-state index in [1.54, 1.807) is 0 Å². The Hall–Kier alpha value is -5.53. The predicted octanol–water partition coefficient (Wildman–Crippen LogP) is 10.1. The van der Waals surface area contributed by atoms with Crippen molar-refractivity contribution in [2.45, 2.75) is 0 Å². The lowest BCUT2D eigenvalue weighted by molar-refractivity contribution is -0.108. The quantitative estimate of drug-likeness (QED) is 0.207. The Labute approximate surface area is 246 Å². The van der Waals surface area contributed by atoms with Gasteiger partial charge in [-0.25, -0.2) is 0 Å². The monoisotopic (exact) mass is 536 g/mol. The summed E-state index contributed by atoms with van der Waals surface area (Å²) in [5, 5.41) is 0. The second-order valence-electron chi connectivity index (χ2n) is 10.4. The van der Waals surface area contributed by atoms with Crippen LogP contribution in [0.15, 0.2) is 170 Å². The highest BCUT2D eigenvalue weighted by atomic mass is 16.1. The van der Waals surface area contributed by atoms with Gasteiger partial charge in [0.05, 0.1) is 0 Å². The van der Waals surface area contributed by atoms with Crippen molar-refractivity contribution in [3.05, 3.63) is 192 Å². The van der Waals surface area contributed by atoms with E-state index in [1.807, 2.05) is 72.8 Å². The van der Waals surface area contributed by atoms with E-state index in [2.05, 4.69) is 97.1 Å². The molecule has 198 valence electrons. The molecule has 0 saturated carbocycles. The lowest BCUT2D eigenvalue weighted by atomic mass is 9.88. The maximum absolute atomic E-state index is 14.5. The molecule has 1 nitrogen and oxygen atoms in total. The zero-order valence-corrected chi connectivity index (χ0v) is 23.1. The van der Waals surface area contributed by atoms with Crippen LogP contribution in [0.4, 0.5) is 0 Å². The Balaban J connectivity index is 1.45.